The molecule has 44 heavy (non-hydrogen) atoms. The molecule has 6 N–H and O–H groups in total. The van der Waals surface area contributed by atoms with E-state index in [2.05, 4.69) is 27.5 Å². The van der Waals surface area contributed by atoms with Gasteiger partial charge in [0.05, 0.1) is 37.8 Å². The molecule has 0 atom stereocenters. The van der Waals surface area contributed by atoms with Gasteiger partial charge in [-0.1, -0.05) is 25.5 Å². The lowest BCUT2D eigenvalue weighted by Crippen LogP contribution is -2.29. The Morgan fingerprint density at radius 2 is 1.86 bits per heavy atom. The summed E-state index contributed by atoms with van der Waals surface area (Å²) < 4.78 is 11.5. The number of amides is 2. The molecule has 11 nitrogen and oxygen atoms in total. The summed E-state index contributed by atoms with van der Waals surface area (Å²) in [5.74, 6) is 0.604. The Balaban J connectivity index is 1.58. The number of nitrogens with zero attached hydrogens (tertiary/aromatic N) is 3. The summed E-state index contributed by atoms with van der Waals surface area (Å²) in [6.45, 7) is 4.20. The number of benzene rings is 1. The fourth-order valence-corrected chi connectivity index (χ4v) is 4.73. The molecule has 1 fully saturated rings. The van der Waals surface area contributed by atoms with Gasteiger partial charge in [0, 0.05) is 42.1 Å². The number of ether oxygens (including phenoxy) is 2. The van der Waals surface area contributed by atoms with Crippen LogP contribution < -0.4 is 31.6 Å². The second-order valence-electron chi connectivity index (χ2n) is 10.8. The predicted molar refractivity (Wildman–Crippen MR) is 170 cm³/mol. The van der Waals surface area contributed by atoms with Crippen molar-refractivity contribution >= 4 is 17.5 Å². The summed E-state index contributed by atoms with van der Waals surface area (Å²) >= 11 is 0. The molecule has 0 radical (unpaired) electrons. The summed E-state index contributed by atoms with van der Waals surface area (Å²) in [7, 11) is 4.78. The van der Waals surface area contributed by atoms with Gasteiger partial charge in [-0.15, -0.1) is 0 Å². The Bertz CT molecular complexity index is 1580. The van der Waals surface area contributed by atoms with Crippen molar-refractivity contribution < 1.29 is 19.1 Å². The van der Waals surface area contributed by atoms with Crippen molar-refractivity contribution in [3.05, 3.63) is 88.9 Å². The first-order valence-electron chi connectivity index (χ1n) is 14.6. The number of hydrogen-bond donors (Lipinski definition) is 4. The Morgan fingerprint density at radius 3 is 2.52 bits per heavy atom. The van der Waals surface area contributed by atoms with Crippen LogP contribution in [0.25, 0.3) is 11.1 Å². The number of anilines is 1. The van der Waals surface area contributed by atoms with E-state index in [9.17, 15) is 9.59 Å². The van der Waals surface area contributed by atoms with E-state index in [0.29, 0.717) is 40.5 Å². The van der Waals surface area contributed by atoms with Gasteiger partial charge in [0.25, 0.3) is 5.91 Å². The first-order valence-corrected chi connectivity index (χ1v) is 14.6. The lowest BCUT2D eigenvalue weighted by Gasteiger charge is -2.19. The Labute approximate surface area is 258 Å². The molecule has 0 spiro atoms. The maximum Gasteiger partial charge on any atom is 0.272 e. The number of methoxy groups -OCH3 is 2. The number of allylic oxidation sites excluding steroid dienone is 2. The van der Waals surface area contributed by atoms with Gasteiger partial charge in [0.15, 0.2) is 0 Å². The molecule has 4 rings (SSSR count). The van der Waals surface area contributed by atoms with Gasteiger partial charge in [-0.3, -0.25) is 14.6 Å². The van der Waals surface area contributed by atoms with Crippen molar-refractivity contribution in [2.24, 2.45) is 17.4 Å². The number of aryl methyl sites for hydroxylation is 1. The van der Waals surface area contributed by atoms with E-state index < -0.39 is 0 Å². The first-order chi connectivity index (χ1) is 21.1. The predicted octanol–water partition coefficient (Wildman–Crippen LogP) is 4.31. The lowest BCUT2D eigenvalue weighted by molar-refractivity contribution is -0.121. The van der Waals surface area contributed by atoms with Gasteiger partial charge < -0.3 is 36.5 Å². The standard InChI is InChI=1S/C33H41N7O4/c1-6-8-21-15-16-36-23(17-21)19-40(3)33(42)27-14-13-25(32(38-27)44-5)24-9-7-10-26(30(24)43-4)37-28(20(2)34)18-29(35)39-31(41)22-11-12-22/h7,9-10,13-18,22,37H,6,8,11-12,19,34-35H2,1-5H3,(H,39,41)/b28-20+,29-18+. The maximum atomic E-state index is 13.3. The van der Waals surface area contributed by atoms with Crippen LogP contribution in [0, 0.1) is 5.92 Å². The van der Waals surface area contributed by atoms with Crippen LogP contribution in [0.3, 0.4) is 0 Å². The van der Waals surface area contributed by atoms with Crippen LogP contribution >= 0.6 is 0 Å². The van der Waals surface area contributed by atoms with Gasteiger partial charge in [0.1, 0.15) is 17.3 Å². The number of aromatic nitrogens is 2. The quantitative estimate of drug-likeness (QED) is 0.210. The molecule has 0 aliphatic heterocycles. The van der Waals surface area contributed by atoms with Crippen molar-refractivity contribution in [3.63, 3.8) is 0 Å². The van der Waals surface area contributed by atoms with E-state index in [-0.39, 0.29) is 35.1 Å². The summed E-state index contributed by atoms with van der Waals surface area (Å²) in [6, 6.07) is 13.0. The molecule has 0 unspecified atom stereocenters. The minimum Gasteiger partial charge on any atom is -0.494 e. The largest absolute Gasteiger partial charge is 0.494 e. The van der Waals surface area contributed by atoms with Gasteiger partial charge in [-0.2, -0.15) is 0 Å². The Hall–Kier alpha value is -5.06. The highest BCUT2D eigenvalue weighted by atomic mass is 16.5. The smallest absolute Gasteiger partial charge is 0.272 e. The summed E-state index contributed by atoms with van der Waals surface area (Å²) in [5.41, 5.74) is 17.4. The van der Waals surface area contributed by atoms with Gasteiger partial charge in [0.2, 0.25) is 11.8 Å². The molecule has 2 amide bonds. The number of pyridine rings is 2. The summed E-state index contributed by atoms with van der Waals surface area (Å²) in [4.78, 5) is 36.0. The molecule has 1 aromatic carbocycles. The number of nitrogens with two attached hydrogens (primary N) is 2. The van der Waals surface area contributed by atoms with Crippen molar-refractivity contribution in [1.29, 1.82) is 0 Å². The van der Waals surface area contributed by atoms with Crippen molar-refractivity contribution in [2.75, 3.05) is 26.6 Å². The average molecular weight is 600 g/mol. The topological polar surface area (TPSA) is 158 Å². The van der Waals surface area contributed by atoms with Gasteiger partial charge >= 0.3 is 0 Å². The molecular weight excluding hydrogens is 558 g/mol. The molecule has 1 aliphatic rings. The Kier molecular flexibility index (Phi) is 10.4. The fourth-order valence-electron chi connectivity index (χ4n) is 4.73. The highest BCUT2D eigenvalue weighted by molar-refractivity contribution is 5.93. The number of carbonyl (C=O) groups is 2. The zero-order valence-electron chi connectivity index (χ0n) is 25.9. The van der Waals surface area contributed by atoms with E-state index in [4.69, 9.17) is 20.9 Å². The molecule has 11 heteroatoms. The number of rotatable bonds is 13. The van der Waals surface area contributed by atoms with Crippen LogP contribution in [0.5, 0.6) is 11.6 Å². The van der Waals surface area contributed by atoms with Crippen LogP contribution in [-0.2, 0) is 17.8 Å². The number of para-hydroxylation sites is 1. The zero-order valence-corrected chi connectivity index (χ0v) is 25.9. The minimum atomic E-state index is -0.258. The average Bonchev–Trinajstić information content (AvgIpc) is 3.86. The normalized spacial score (nSPS) is 13.5. The Morgan fingerprint density at radius 1 is 1.09 bits per heavy atom. The maximum absolute atomic E-state index is 13.3. The summed E-state index contributed by atoms with van der Waals surface area (Å²) in [6.07, 6.45) is 7.09. The monoisotopic (exact) mass is 599 g/mol. The van der Waals surface area contributed by atoms with E-state index in [1.165, 1.54) is 12.7 Å². The van der Waals surface area contributed by atoms with Gasteiger partial charge in [-0.05, 0) is 62.1 Å². The third-order valence-corrected chi connectivity index (χ3v) is 7.16. The van der Waals surface area contributed by atoms with E-state index in [1.54, 1.807) is 50.4 Å². The third-order valence-electron chi connectivity index (χ3n) is 7.16. The SMILES string of the molecule is CCCc1ccnc(CN(C)C(=O)c2ccc(-c3cccc(NC(/C=C(\N)NC(=O)C4CC4)=C(\C)N)c3OC)c(OC)n2)c1. The number of hydrogen-bond acceptors (Lipinski definition) is 9. The molecule has 2 heterocycles. The van der Waals surface area contributed by atoms with E-state index in [0.717, 1.165) is 31.4 Å². The van der Waals surface area contributed by atoms with E-state index >= 15 is 0 Å². The minimum absolute atomic E-state index is 0.0170. The molecule has 1 saturated carbocycles. The highest BCUT2D eigenvalue weighted by Crippen LogP contribution is 2.40. The van der Waals surface area contributed by atoms with Gasteiger partial charge in [-0.25, -0.2) is 4.98 Å². The third kappa shape index (κ3) is 7.85. The molecular formula is C33H41N7O4. The van der Waals surface area contributed by atoms with Crippen LogP contribution in [-0.4, -0.2) is 47.9 Å². The summed E-state index contributed by atoms with van der Waals surface area (Å²) in [5, 5.41) is 5.98. The molecule has 1 aliphatic carbocycles. The molecule has 232 valence electrons. The second-order valence-corrected chi connectivity index (χ2v) is 10.8. The molecule has 3 aromatic rings. The van der Waals surface area contributed by atoms with E-state index in [1.807, 2.05) is 30.3 Å². The van der Waals surface area contributed by atoms with Crippen LogP contribution in [0.1, 0.15) is 54.9 Å². The number of carbonyl (C=O) groups excluding carboxylic acids is 2. The van der Waals surface area contributed by atoms with Crippen molar-refractivity contribution in [2.45, 2.75) is 46.1 Å². The second kappa shape index (κ2) is 14.4. The zero-order chi connectivity index (χ0) is 31.8. The van der Waals surface area contributed by atoms with Crippen molar-refractivity contribution in [1.82, 2.24) is 20.2 Å². The van der Waals surface area contributed by atoms with Crippen LogP contribution in [0.4, 0.5) is 5.69 Å². The van der Waals surface area contributed by atoms with Crippen molar-refractivity contribution in [3.8, 4) is 22.8 Å². The fraction of sp³-hybridized carbons (Fsp3) is 0.333. The van der Waals surface area contributed by atoms with Crippen LogP contribution in [0.15, 0.2) is 72.0 Å². The molecule has 0 saturated heterocycles. The van der Waals surface area contributed by atoms with Crippen LogP contribution in [0.2, 0.25) is 0 Å². The first kappa shape index (κ1) is 31.9. The molecule has 2 aromatic heterocycles. The highest BCUT2D eigenvalue weighted by Gasteiger charge is 2.29. The lowest BCUT2D eigenvalue weighted by atomic mass is 10.0. The number of nitrogens with one attached hydrogen (secondary N) is 2. The molecule has 0 bridgehead atoms.